The number of nitrogens with zero attached hydrogens (tertiary/aromatic N) is 1. The van der Waals surface area contributed by atoms with Crippen LogP contribution in [0, 0.1) is 0 Å². The zero-order chi connectivity index (χ0) is 7.68. The van der Waals surface area contributed by atoms with Gasteiger partial charge in [-0.3, -0.25) is 4.98 Å². The van der Waals surface area contributed by atoms with Gasteiger partial charge in [-0.15, -0.1) is 0 Å². The third kappa shape index (κ3) is 1.15. The molecule has 1 aromatic heterocycles. The predicted molar refractivity (Wildman–Crippen MR) is 45.6 cm³/mol. The quantitative estimate of drug-likeness (QED) is 0.549. The maximum Gasteiger partial charge on any atom is 0.0463 e. The van der Waals surface area contributed by atoms with Crippen molar-refractivity contribution in [2.75, 3.05) is 0 Å². The van der Waals surface area contributed by atoms with Gasteiger partial charge < -0.3 is 0 Å². The SMILES string of the molecule is C[C@@H]1CCCc2cccnc21. The van der Waals surface area contributed by atoms with Crippen LogP contribution in [0.25, 0.3) is 0 Å². The van der Waals surface area contributed by atoms with E-state index in [1.54, 1.807) is 0 Å². The van der Waals surface area contributed by atoms with Crippen molar-refractivity contribution in [3.63, 3.8) is 0 Å². The zero-order valence-corrected chi connectivity index (χ0v) is 6.88. The molecule has 58 valence electrons. The van der Waals surface area contributed by atoms with Crippen molar-refractivity contribution >= 4 is 0 Å². The van der Waals surface area contributed by atoms with Gasteiger partial charge in [0.15, 0.2) is 0 Å². The summed E-state index contributed by atoms with van der Waals surface area (Å²) in [5.41, 5.74) is 2.80. The molecule has 1 aromatic rings. The summed E-state index contributed by atoms with van der Waals surface area (Å²) in [5, 5.41) is 0. The van der Waals surface area contributed by atoms with Gasteiger partial charge in [-0.25, -0.2) is 0 Å². The van der Waals surface area contributed by atoms with Crippen LogP contribution in [0.1, 0.15) is 36.9 Å². The number of pyridine rings is 1. The Morgan fingerprint density at radius 1 is 1.55 bits per heavy atom. The molecule has 0 spiro atoms. The minimum atomic E-state index is 0.681. The smallest absolute Gasteiger partial charge is 0.0463 e. The van der Waals surface area contributed by atoms with Crippen LogP contribution in [0.3, 0.4) is 0 Å². The maximum absolute atomic E-state index is 4.40. The van der Waals surface area contributed by atoms with Crippen molar-refractivity contribution in [2.45, 2.75) is 32.1 Å². The summed E-state index contributed by atoms with van der Waals surface area (Å²) < 4.78 is 0. The summed E-state index contributed by atoms with van der Waals surface area (Å²) in [7, 11) is 0. The molecule has 0 radical (unpaired) electrons. The zero-order valence-electron chi connectivity index (χ0n) is 6.88. The summed E-state index contributed by atoms with van der Waals surface area (Å²) in [5.74, 6) is 0.681. The summed E-state index contributed by atoms with van der Waals surface area (Å²) >= 11 is 0. The van der Waals surface area contributed by atoms with Gasteiger partial charge in [0.25, 0.3) is 0 Å². The molecule has 1 nitrogen and oxygen atoms in total. The summed E-state index contributed by atoms with van der Waals surface area (Å²) in [6.07, 6.45) is 5.78. The number of aromatic nitrogens is 1. The lowest BCUT2D eigenvalue weighted by molar-refractivity contribution is 0.573. The van der Waals surface area contributed by atoms with Crippen LogP contribution in [0.2, 0.25) is 0 Å². The normalized spacial score (nSPS) is 22.8. The topological polar surface area (TPSA) is 12.9 Å². The lowest BCUT2D eigenvalue weighted by atomic mass is 9.88. The number of hydrogen-bond donors (Lipinski definition) is 0. The van der Waals surface area contributed by atoms with Gasteiger partial charge in [-0.05, 0) is 36.8 Å². The van der Waals surface area contributed by atoms with Crippen molar-refractivity contribution in [1.82, 2.24) is 4.98 Å². The van der Waals surface area contributed by atoms with Gasteiger partial charge in [0.2, 0.25) is 0 Å². The fraction of sp³-hybridized carbons (Fsp3) is 0.500. The Kier molecular flexibility index (Phi) is 1.65. The van der Waals surface area contributed by atoms with Crippen LogP contribution in [-0.2, 0) is 6.42 Å². The van der Waals surface area contributed by atoms with E-state index in [2.05, 4.69) is 18.0 Å². The van der Waals surface area contributed by atoms with Crippen molar-refractivity contribution in [3.05, 3.63) is 29.6 Å². The van der Waals surface area contributed by atoms with Crippen LogP contribution in [-0.4, -0.2) is 4.98 Å². The highest BCUT2D eigenvalue weighted by atomic mass is 14.7. The second-order valence-electron chi connectivity index (χ2n) is 3.34. The molecule has 0 N–H and O–H groups in total. The van der Waals surface area contributed by atoms with E-state index in [1.807, 2.05) is 12.3 Å². The van der Waals surface area contributed by atoms with Crippen molar-refractivity contribution in [1.29, 1.82) is 0 Å². The van der Waals surface area contributed by atoms with E-state index < -0.39 is 0 Å². The standard InChI is InChI=1S/C10H13N/c1-8-4-2-5-9-6-3-7-11-10(8)9/h3,6-8H,2,4-5H2,1H3/t8-/m1/s1. The molecule has 2 rings (SSSR count). The molecule has 0 amide bonds. The molecule has 0 fully saturated rings. The molecule has 0 bridgehead atoms. The van der Waals surface area contributed by atoms with E-state index in [0.29, 0.717) is 5.92 Å². The number of aryl methyl sites for hydroxylation is 1. The molecule has 0 aliphatic heterocycles. The Bertz CT molecular complexity index is 255. The van der Waals surface area contributed by atoms with Gasteiger partial charge in [0.1, 0.15) is 0 Å². The van der Waals surface area contributed by atoms with Gasteiger partial charge in [-0.1, -0.05) is 13.0 Å². The van der Waals surface area contributed by atoms with Gasteiger partial charge in [0.05, 0.1) is 0 Å². The fourth-order valence-corrected chi connectivity index (χ4v) is 1.84. The molecule has 1 aliphatic rings. The Hall–Kier alpha value is -0.850. The summed E-state index contributed by atoms with van der Waals surface area (Å²) in [6, 6.07) is 4.24. The van der Waals surface area contributed by atoms with Crippen LogP contribution < -0.4 is 0 Å². The Balaban J connectivity index is 2.44. The number of fused-ring (bicyclic) bond motifs is 1. The van der Waals surface area contributed by atoms with E-state index in [1.165, 1.54) is 30.5 Å². The lowest BCUT2D eigenvalue weighted by Crippen LogP contribution is -2.08. The molecule has 1 heteroatoms. The molecular weight excluding hydrogens is 134 g/mol. The van der Waals surface area contributed by atoms with E-state index in [9.17, 15) is 0 Å². The first-order chi connectivity index (χ1) is 5.38. The van der Waals surface area contributed by atoms with Gasteiger partial charge in [-0.2, -0.15) is 0 Å². The molecule has 11 heavy (non-hydrogen) atoms. The van der Waals surface area contributed by atoms with Crippen LogP contribution in [0.5, 0.6) is 0 Å². The number of hydrogen-bond acceptors (Lipinski definition) is 1. The molecule has 0 aromatic carbocycles. The van der Waals surface area contributed by atoms with Crippen LogP contribution in [0.15, 0.2) is 18.3 Å². The van der Waals surface area contributed by atoms with Crippen LogP contribution >= 0.6 is 0 Å². The van der Waals surface area contributed by atoms with E-state index >= 15 is 0 Å². The van der Waals surface area contributed by atoms with Crippen molar-refractivity contribution in [3.8, 4) is 0 Å². The average molecular weight is 147 g/mol. The second-order valence-corrected chi connectivity index (χ2v) is 3.34. The van der Waals surface area contributed by atoms with Crippen LogP contribution in [0.4, 0.5) is 0 Å². The molecule has 1 aliphatic carbocycles. The van der Waals surface area contributed by atoms with E-state index in [-0.39, 0.29) is 0 Å². The molecule has 1 atom stereocenters. The lowest BCUT2D eigenvalue weighted by Gasteiger charge is -2.20. The Morgan fingerprint density at radius 2 is 2.45 bits per heavy atom. The minimum absolute atomic E-state index is 0.681. The molecule has 0 saturated carbocycles. The average Bonchev–Trinajstić information content (AvgIpc) is 2.06. The van der Waals surface area contributed by atoms with Gasteiger partial charge >= 0.3 is 0 Å². The second kappa shape index (κ2) is 2.65. The minimum Gasteiger partial charge on any atom is -0.261 e. The number of rotatable bonds is 0. The van der Waals surface area contributed by atoms with Gasteiger partial charge in [0, 0.05) is 11.9 Å². The molecule has 1 heterocycles. The van der Waals surface area contributed by atoms with E-state index in [0.717, 1.165) is 0 Å². The molecule has 0 unspecified atom stereocenters. The third-order valence-corrected chi connectivity index (χ3v) is 2.48. The molecular formula is C10H13N. The monoisotopic (exact) mass is 147 g/mol. The highest BCUT2D eigenvalue weighted by molar-refractivity contribution is 5.25. The maximum atomic E-state index is 4.40. The fourth-order valence-electron chi connectivity index (χ4n) is 1.84. The van der Waals surface area contributed by atoms with Crippen molar-refractivity contribution in [2.24, 2.45) is 0 Å². The first kappa shape index (κ1) is 6.84. The highest BCUT2D eigenvalue weighted by Crippen LogP contribution is 2.28. The Labute approximate surface area is 67.5 Å². The highest BCUT2D eigenvalue weighted by Gasteiger charge is 2.15. The van der Waals surface area contributed by atoms with E-state index in [4.69, 9.17) is 0 Å². The summed E-state index contributed by atoms with van der Waals surface area (Å²) in [4.78, 5) is 4.40. The molecule has 0 saturated heterocycles. The third-order valence-electron chi connectivity index (χ3n) is 2.48. The van der Waals surface area contributed by atoms with Crippen molar-refractivity contribution < 1.29 is 0 Å². The largest absolute Gasteiger partial charge is 0.261 e. The Morgan fingerprint density at radius 3 is 3.27 bits per heavy atom. The first-order valence-electron chi connectivity index (χ1n) is 4.31. The predicted octanol–water partition coefficient (Wildman–Crippen LogP) is 2.52. The first-order valence-corrected chi connectivity index (χ1v) is 4.31. The summed E-state index contributed by atoms with van der Waals surface area (Å²) in [6.45, 7) is 2.27.